The number of rotatable bonds is 4. The lowest BCUT2D eigenvalue weighted by Gasteiger charge is -2.11. The maximum Gasteiger partial charge on any atom is 0.326 e. The van der Waals surface area contributed by atoms with E-state index < -0.39 is 5.97 Å². The molecule has 0 aromatic carbocycles. The topological polar surface area (TPSA) is 48.3 Å². The zero-order chi connectivity index (χ0) is 12.1. The van der Waals surface area contributed by atoms with Crippen LogP contribution < -0.4 is 5.56 Å². The van der Waals surface area contributed by atoms with E-state index in [0.29, 0.717) is 5.02 Å². The highest BCUT2D eigenvalue weighted by atomic mass is 35.5. The molecule has 0 radical (unpaired) electrons. The summed E-state index contributed by atoms with van der Waals surface area (Å²) in [6.07, 6.45) is 2.03. The third-order valence-corrected chi connectivity index (χ3v) is 2.38. The van der Waals surface area contributed by atoms with Gasteiger partial charge in [-0.15, -0.1) is 0 Å². The molecule has 5 heteroatoms. The van der Waals surface area contributed by atoms with Crippen molar-refractivity contribution in [1.82, 2.24) is 4.57 Å². The Bertz CT molecular complexity index is 427. The van der Waals surface area contributed by atoms with Crippen LogP contribution >= 0.6 is 11.6 Å². The Balaban J connectivity index is 2.69. The molecule has 0 aliphatic heterocycles. The summed E-state index contributed by atoms with van der Waals surface area (Å²) in [7, 11) is 0. The first kappa shape index (κ1) is 12.8. The van der Waals surface area contributed by atoms with Gasteiger partial charge in [-0.3, -0.25) is 9.59 Å². The summed E-state index contributed by atoms with van der Waals surface area (Å²) in [6.45, 7) is 3.62. The quantitative estimate of drug-likeness (QED) is 0.759. The molecule has 1 heterocycles. The molecule has 88 valence electrons. The Kier molecular flexibility index (Phi) is 4.55. The molecule has 1 aromatic rings. The molecule has 1 atom stereocenters. The predicted molar refractivity (Wildman–Crippen MR) is 61.6 cm³/mol. The van der Waals surface area contributed by atoms with Crippen LogP contribution in [0.3, 0.4) is 0 Å². The molecule has 0 aliphatic rings. The fourth-order valence-corrected chi connectivity index (χ4v) is 1.29. The summed E-state index contributed by atoms with van der Waals surface area (Å²) < 4.78 is 6.29. The maximum absolute atomic E-state index is 11.4. The standard InChI is InChI=1S/C11H14ClNO3/c1-3-8(2)16-11(15)7-13-6-9(12)4-5-10(13)14/h4-6,8H,3,7H2,1-2H3. The van der Waals surface area contributed by atoms with E-state index in [1.54, 1.807) is 6.92 Å². The summed E-state index contributed by atoms with van der Waals surface area (Å²) in [5.41, 5.74) is -0.273. The van der Waals surface area contributed by atoms with Crippen LogP contribution in [-0.4, -0.2) is 16.6 Å². The number of halogens is 1. The van der Waals surface area contributed by atoms with Gasteiger partial charge in [-0.1, -0.05) is 18.5 Å². The summed E-state index contributed by atoms with van der Waals surface area (Å²) in [6, 6.07) is 2.80. The number of ether oxygens (including phenoxy) is 1. The minimum Gasteiger partial charge on any atom is -0.461 e. The SMILES string of the molecule is CCC(C)OC(=O)Cn1cc(Cl)ccc1=O. The second-order valence-electron chi connectivity index (χ2n) is 3.52. The summed E-state index contributed by atoms with van der Waals surface area (Å²) in [5.74, 6) is -0.432. The Morgan fingerprint density at radius 1 is 1.56 bits per heavy atom. The Morgan fingerprint density at radius 2 is 2.25 bits per heavy atom. The van der Waals surface area contributed by atoms with Crippen LogP contribution in [-0.2, 0) is 16.1 Å². The lowest BCUT2D eigenvalue weighted by atomic mass is 10.3. The number of aromatic nitrogens is 1. The van der Waals surface area contributed by atoms with Gasteiger partial charge in [0.25, 0.3) is 5.56 Å². The molecular formula is C11H14ClNO3. The molecule has 0 fully saturated rings. The van der Waals surface area contributed by atoms with Crippen LogP contribution in [0.2, 0.25) is 5.02 Å². The molecule has 0 saturated carbocycles. The second-order valence-corrected chi connectivity index (χ2v) is 3.96. The number of carbonyl (C=O) groups is 1. The fourth-order valence-electron chi connectivity index (χ4n) is 1.11. The van der Waals surface area contributed by atoms with Gasteiger partial charge in [0.05, 0.1) is 11.1 Å². The number of nitrogens with zero attached hydrogens (tertiary/aromatic N) is 1. The molecule has 0 amide bonds. The lowest BCUT2D eigenvalue weighted by molar-refractivity contribution is -0.149. The largest absolute Gasteiger partial charge is 0.461 e. The zero-order valence-electron chi connectivity index (χ0n) is 9.27. The van der Waals surface area contributed by atoms with Gasteiger partial charge >= 0.3 is 5.97 Å². The van der Waals surface area contributed by atoms with Gasteiger partial charge in [0.15, 0.2) is 0 Å². The van der Waals surface area contributed by atoms with E-state index in [0.717, 1.165) is 6.42 Å². The number of esters is 1. The van der Waals surface area contributed by atoms with Crippen molar-refractivity contribution in [2.45, 2.75) is 32.9 Å². The first-order chi connectivity index (χ1) is 7.52. The normalized spacial score (nSPS) is 12.2. The van der Waals surface area contributed by atoms with Crippen LogP contribution in [0.5, 0.6) is 0 Å². The average Bonchev–Trinajstić information content (AvgIpc) is 2.23. The van der Waals surface area contributed by atoms with Crippen molar-refractivity contribution in [3.8, 4) is 0 Å². The van der Waals surface area contributed by atoms with Crippen molar-refractivity contribution in [2.24, 2.45) is 0 Å². The van der Waals surface area contributed by atoms with Gasteiger partial charge in [-0.25, -0.2) is 0 Å². The first-order valence-electron chi connectivity index (χ1n) is 5.08. The maximum atomic E-state index is 11.4. The Labute approximate surface area is 98.8 Å². The third kappa shape index (κ3) is 3.70. The van der Waals surface area contributed by atoms with E-state index in [9.17, 15) is 9.59 Å². The fraction of sp³-hybridized carbons (Fsp3) is 0.455. The molecule has 0 saturated heterocycles. The average molecular weight is 244 g/mol. The third-order valence-electron chi connectivity index (χ3n) is 2.15. The lowest BCUT2D eigenvalue weighted by Crippen LogP contribution is -2.26. The molecular weight excluding hydrogens is 230 g/mol. The van der Waals surface area contributed by atoms with E-state index in [-0.39, 0.29) is 18.2 Å². The first-order valence-corrected chi connectivity index (χ1v) is 5.46. The van der Waals surface area contributed by atoms with Crippen molar-refractivity contribution in [3.63, 3.8) is 0 Å². The number of hydrogen-bond acceptors (Lipinski definition) is 3. The molecule has 1 aromatic heterocycles. The van der Waals surface area contributed by atoms with Gasteiger partial charge in [-0.05, 0) is 19.4 Å². The molecule has 16 heavy (non-hydrogen) atoms. The molecule has 0 aliphatic carbocycles. The minimum absolute atomic E-state index is 0.107. The van der Waals surface area contributed by atoms with Crippen molar-refractivity contribution >= 4 is 17.6 Å². The van der Waals surface area contributed by atoms with Gasteiger partial charge in [0.1, 0.15) is 6.54 Å². The monoisotopic (exact) mass is 243 g/mol. The van der Waals surface area contributed by atoms with Gasteiger partial charge in [-0.2, -0.15) is 0 Å². The van der Waals surface area contributed by atoms with E-state index in [1.165, 1.54) is 22.9 Å². The van der Waals surface area contributed by atoms with Gasteiger partial charge in [0, 0.05) is 12.3 Å². The van der Waals surface area contributed by atoms with Crippen LogP contribution in [0.15, 0.2) is 23.1 Å². The van der Waals surface area contributed by atoms with Gasteiger partial charge < -0.3 is 9.30 Å². The van der Waals surface area contributed by atoms with E-state index in [2.05, 4.69) is 0 Å². The van der Waals surface area contributed by atoms with Crippen LogP contribution in [0.1, 0.15) is 20.3 Å². The van der Waals surface area contributed by atoms with E-state index in [1.807, 2.05) is 6.92 Å². The second kappa shape index (κ2) is 5.70. The van der Waals surface area contributed by atoms with Crippen LogP contribution in [0.4, 0.5) is 0 Å². The highest BCUT2D eigenvalue weighted by Gasteiger charge is 2.09. The molecule has 1 rings (SSSR count). The number of hydrogen-bond donors (Lipinski definition) is 0. The molecule has 4 nitrogen and oxygen atoms in total. The smallest absolute Gasteiger partial charge is 0.326 e. The Hall–Kier alpha value is -1.29. The van der Waals surface area contributed by atoms with Crippen molar-refractivity contribution in [2.75, 3.05) is 0 Å². The molecule has 0 bridgehead atoms. The van der Waals surface area contributed by atoms with E-state index >= 15 is 0 Å². The molecule has 0 spiro atoms. The van der Waals surface area contributed by atoms with Gasteiger partial charge in [0.2, 0.25) is 0 Å². The van der Waals surface area contributed by atoms with E-state index in [4.69, 9.17) is 16.3 Å². The zero-order valence-corrected chi connectivity index (χ0v) is 10.0. The van der Waals surface area contributed by atoms with Crippen LogP contribution in [0, 0.1) is 0 Å². The summed E-state index contributed by atoms with van der Waals surface area (Å²) in [4.78, 5) is 22.8. The van der Waals surface area contributed by atoms with Crippen molar-refractivity contribution < 1.29 is 9.53 Å². The molecule has 0 N–H and O–H groups in total. The number of pyridine rings is 1. The number of carbonyl (C=O) groups excluding carboxylic acids is 1. The summed E-state index contributed by atoms with van der Waals surface area (Å²) >= 11 is 5.72. The molecule has 1 unspecified atom stereocenters. The highest BCUT2D eigenvalue weighted by molar-refractivity contribution is 6.30. The highest BCUT2D eigenvalue weighted by Crippen LogP contribution is 2.04. The minimum atomic E-state index is -0.432. The van der Waals surface area contributed by atoms with Crippen molar-refractivity contribution in [3.05, 3.63) is 33.7 Å². The van der Waals surface area contributed by atoms with Crippen molar-refractivity contribution in [1.29, 1.82) is 0 Å². The van der Waals surface area contributed by atoms with Crippen LogP contribution in [0.25, 0.3) is 0 Å². The predicted octanol–water partition coefficient (Wildman–Crippen LogP) is 1.84. The summed E-state index contributed by atoms with van der Waals surface area (Å²) in [5, 5.41) is 0.413. The Morgan fingerprint density at radius 3 is 2.88 bits per heavy atom.